The summed E-state index contributed by atoms with van der Waals surface area (Å²) < 4.78 is 26.4. The third-order valence-corrected chi connectivity index (χ3v) is 8.47. The molecule has 4 heterocycles. The second-order valence-corrected chi connectivity index (χ2v) is 10.7. The molecule has 2 fully saturated rings. The van der Waals surface area contributed by atoms with E-state index in [9.17, 15) is 8.60 Å². The van der Waals surface area contributed by atoms with E-state index in [1.807, 2.05) is 12.1 Å². The number of hydrogen-bond acceptors (Lipinski definition) is 6. The van der Waals surface area contributed by atoms with Crippen molar-refractivity contribution in [3.05, 3.63) is 65.1 Å². The molecule has 9 heteroatoms. The van der Waals surface area contributed by atoms with Crippen LogP contribution in [0.15, 0.2) is 53.4 Å². The third-order valence-electron chi connectivity index (χ3n) is 6.76. The van der Waals surface area contributed by atoms with Crippen molar-refractivity contribution in [1.82, 2.24) is 9.97 Å². The molecule has 0 aliphatic carbocycles. The lowest BCUT2D eigenvalue weighted by Gasteiger charge is -2.54. The van der Waals surface area contributed by atoms with Gasteiger partial charge in [0.1, 0.15) is 10.7 Å². The van der Waals surface area contributed by atoms with E-state index in [-0.39, 0.29) is 5.82 Å². The number of aryl methyl sites for hydroxylation is 1. The fraction of sp³-hybridized carbons (Fsp3) is 0.333. The summed E-state index contributed by atoms with van der Waals surface area (Å²) in [5.41, 5.74) is 2.58. The van der Waals surface area contributed by atoms with Gasteiger partial charge in [0.15, 0.2) is 5.82 Å². The van der Waals surface area contributed by atoms with Crippen LogP contribution in [0.1, 0.15) is 12.1 Å². The molecule has 2 saturated heterocycles. The molecular weight excluding hydrogens is 461 g/mol. The molecule has 2 aromatic carbocycles. The summed E-state index contributed by atoms with van der Waals surface area (Å²) in [5, 5.41) is 3.93. The van der Waals surface area contributed by atoms with Crippen LogP contribution in [-0.4, -0.2) is 45.6 Å². The molecule has 0 saturated carbocycles. The van der Waals surface area contributed by atoms with Gasteiger partial charge in [-0.1, -0.05) is 17.7 Å². The van der Waals surface area contributed by atoms with E-state index < -0.39 is 10.8 Å². The molecule has 3 aliphatic rings. The van der Waals surface area contributed by atoms with E-state index in [1.165, 1.54) is 17.8 Å². The maximum atomic E-state index is 13.7. The van der Waals surface area contributed by atoms with Crippen LogP contribution in [-0.2, 0) is 17.2 Å². The summed E-state index contributed by atoms with van der Waals surface area (Å²) in [4.78, 5) is 14.9. The first-order chi connectivity index (χ1) is 16.0. The summed E-state index contributed by atoms with van der Waals surface area (Å²) in [6.07, 6.45) is 1.74. The number of nitrogens with zero attached hydrogens (tertiary/aromatic N) is 4. The lowest BCUT2D eigenvalue weighted by Crippen LogP contribution is -2.64. The van der Waals surface area contributed by atoms with Gasteiger partial charge in [0, 0.05) is 54.1 Å². The van der Waals surface area contributed by atoms with Crippen molar-refractivity contribution in [3.63, 3.8) is 0 Å². The van der Waals surface area contributed by atoms with Crippen LogP contribution in [0.5, 0.6) is 0 Å². The second kappa shape index (κ2) is 8.25. The number of rotatable bonds is 4. The van der Waals surface area contributed by atoms with Gasteiger partial charge in [-0.2, -0.15) is 4.98 Å². The predicted molar refractivity (Wildman–Crippen MR) is 130 cm³/mol. The van der Waals surface area contributed by atoms with Crippen molar-refractivity contribution in [2.24, 2.45) is 5.92 Å². The first-order valence-corrected chi connectivity index (χ1v) is 12.8. The minimum atomic E-state index is -1.15. The van der Waals surface area contributed by atoms with Crippen LogP contribution >= 0.6 is 11.6 Å². The molecule has 0 bridgehead atoms. The van der Waals surface area contributed by atoms with E-state index in [0.717, 1.165) is 36.8 Å². The van der Waals surface area contributed by atoms with Crippen LogP contribution in [0.3, 0.4) is 0 Å². The van der Waals surface area contributed by atoms with Crippen LogP contribution < -0.4 is 15.1 Å². The van der Waals surface area contributed by atoms with Crippen LogP contribution in [0.2, 0.25) is 5.02 Å². The number of halogens is 2. The number of aromatic nitrogens is 2. The van der Waals surface area contributed by atoms with Crippen LogP contribution in [0.4, 0.5) is 27.5 Å². The first kappa shape index (κ1) is 20.9. The highest BCUT2D eigenvalue weighted by Crippen LogP contribution is 2.39. The van der Waals surface area contributed by atoms with Crippen molar-refractivity contribution in [3.8, 4) is 0 Å². The second-order valence-electron chi connectivity index (χ2n) is 8.77. The van der Waals surface area contributed by atoms with Gasteiger partial charge < -0.3 is 15.1 Å². The van der Waals surface area contributed by atoms with Gasteiger partial charge in [-0.05, 0) is 48.9 Å². The fourth-order valence-electron chi connectivity index (χ4n) is 5.02. The highest BCUT2D eigenvalue weighted by molar-refractivity contribution is 7.85. The number of nitrogens with one attached hydrogen (secondary N) is 1. The fourth-order valence-corrected chi connectivity index (χ4v) is 6.45. The Morgan fingerprint density at radius 3 is 2.79 bits per heavy atom. The molecule has 0 amide bonds. The number of piperidine rings is 1. The zero-order valence-electron chi connectivity index (χ0n) is 17.9. The molecule has 0 spiro atoms. The third kappa shape index (κ3) is 3.85. The van der Waals surface area contributed by atoms with Crippen molar-refractivity contribution in [2.75, 3.05) is 40.5 Å². The molecule has 33 heavy (non-hydrogen) atoms. The Balaban J connectivity index is 1.29. The molecule has 3 aromatic rings. The topological polar surface area (TPSA) is 61.4 Å². The number of anilines is 4. The minimum absolute atomic E-state index is 0.332. The molecule has 170 valence electrons. The number of hydrogen-bond donors (Lipinski definition) is 1. The van der Waals surface area contributed by atoms with Gasteiger partial charge in [-0.3, -0.25) is 4.21 Å². The van der Waals surface area contributed by atoms with E-state index in [1.54, 1.807) is 12.1 Å². The summed E-state index contributed by atoms with van der Waals surface area (Å²) in [6, 6.07) is 14.6. The van der Waals surface area contributed by atoms with E-state index in [2.05, 4.69) is 27.2 Å². The molecule has 6 nitrogen and oxygen atoms in total. The number of fused-ring (bicyclic) bond motifs is 2. The van der Waals surface area contributed by atoms with E-state index >= 15 is 0 Å². The first-order valence-electron chi connectivity index (χ1n) is 11.1. The standard InChI is InChI=1S/C24H23ClFN5OS/c25-16-4-6-19(7-5-16)31-13-15-8-10-30(14-21(15)31)24-28-20-9-11-33(32)22(20)23(29-24)27-18-3-1-2-17(26)12-18/h1-7,12,15,21H,8-11,13-14H2,(H,27,28,29). The van der Waals surface area contributed by atoms with Crippen LogP contribution in [0, 0.1) is 11.7 Å². The highest BCUT2D eigenvalue weighted by atomic mass is 35.5. The van der Waals surface area contributed by atoms with Gasteiger partial charge in [-0.25, -0.2) is 9.37 Å². The molecular formula is C24H23ClFN5OS. The van der Waals surface area contributed by atoms with Gasteiger partial charge in [0.25, 0.3) is 0 Å². The average Bonchev–Trinajstić information content (AvgIpc) is 3.17. The molecule has 1 N–H and O–H groups in total. The molecule has 3 atom stereocenters. The van der Waals surface area contributed by atoms with Crippen molar-refractivity contribution in [1.29, 1.82) is 0 Å². The normalized spacial score (nSPS) is 23.6. The SMILES string of the molecule is O=S1CCc2nc(N3CCC4CN(c5ccc(Cl)cc5)C4C3)nc(Nc3cccc(F)c3)c21. The predicted octanol–water partition coefficient (Wildman–Crippen LogP) is 4.39. The summed E-state index contributed by atoms with van der Waals surface area (Å²) >= 11 is 6.06. The Labute approximate surface area is 199 Å². The zero-order chi connectivity index (χ0) is 22.5. The quantitative estimate of drug-likeness (QED) is 0.594. The Morgan fingerprint density at radius 2 is 1.97 bits per heavy atom. The molecule has 0 radical (unpaired) electrons. The number of benzene rings is 2. The minimum Gasteiger partial charge on any atom is -0.366 e. The lowest BCUT2D eigenvalue weighted by atomic mass is 9.82. The van der Waals surface area contributed by atoms with E-state index in [0.29, 0.717) is 46.5 Å². The lowest BCUT2D eigenvalue weighted by molar-refractivity contribution is 0.247. The Kier molecular flexibility index (Phi) is 5.22. The Morgan fingerprint density at radius 1 is 1.12 bits per heavy atom. The molecule has 3 aliphatic heterocycles. The largest absolute Gasteiger partial charge is 0.366 e. The van der Waals surface area contributed by atoms with Crippen molar-refractivity contribution >= 4 is 45.5 Å². The van der Waals surface area contributed by atoms with Gasteiger partial charge >= 0.3 is 0 Å². The molecule has 6 rings (SSSR count). The van der Waals surface area contributed by atoms with Gasteiger partial charge in [0.2, 0.25) is 5.95 Å². The smallest absolute Gasteiger partial charge is 0.227 e. The molecule has 1 aromatic heterocycles. The van der Waals surface area contributed by atoms with E-state index in [4.69, 9.17) is 21.6 Å². The van der Waals surface area contributed by atoms with Crippen LogP contribution in [0.25, 0.3) is 0 Å². The van der Waals surface area contributed by atoms with Gasteiger partial charge in [0.05, 0.1) is 22.5 Å². The zero-order valence-corrected chi connectivity index (χ0v) is 19.4. The monoisotopic (exact) mass is 483 g/mol. The van der Waals surface area contributed by atoms with Crippen molar-refractivity contribution < 1.29 is 8.60 Å². The summed E-state index contributed by atoms with van der Waals surface area (Å²) in [7, 11) is -1.15. The maximum absolute atomic E-state index is 13.7. The van der Waals surface area contributed by atoms with Crippen molar-refractivity contribution in [2.45, 2.75) is 23.8 Å². The summed E-state index contributed by atoms with van der Waals surface area (Å²) in [5.74, 6) is 2.03. The Hall–Kier alpha value is -2.71. The average molecular weight is 484 g/mol. The highest BCUT2D eigenvalue weighted by Gasteiger charge is 2.43. The molecule has 3 unspecified atom stereocenters. The summed E-state index contributed by atoms with van der Waals surface area (Å²) in [6.45, 7) is 2.77. The van der Waals surface area contributed by atoms with Gasteiger partial charge in [-0.15, -0.1) is 0 Å². The Bertz CT molecular complexity index is 1240. The maximum Gasteiger partial charge on any atom is 0.227 e.